The Morgan fingerprint density at radius 3 is 2.17 bits per heavy atom. The van der Waals surface area contributed by atoms with Crippen LogP contribution < -0.4 is 10.1 Å². The zero-order valence-corrected chi connectivity index (χ0v) is 35.5. The Labute approximate surface area is 345 Å². The Morgan fingerprint density at radius 1 is 0.932 bits per heavy atom. The smallest absolute Gasteiger partial charge is 0.302 e. The first kappa shape index (κ1) is 46.5. The summed E-state index contributed by atoms with van der Waals surface area (Å²) in [6.07, 6.45) is 3.76. The number of nitrogens with zero attached hydrogens (tertiary/aromatic N) is 3. The van der Waals surface area contributed by atoms with Gasteiger partial charge in [-0.3, -0.25) is 19.4 Å². The summed E-state index contributed by atoms with van der Waals surface area (Å²) >= 11 is 0. The molecule has 1 amide bonds. The third kappa shape index (κ3) is 10.0. The molecule has 2 aromatic carbocycles. The predicted molar refractivity (Wildman–Crippen MR) is 223 cm³/mol. The monoisotopic (exact) mass is 824 g/mol. The second-order valence-electron chi connectivity index (χ2n) is 15.8. The predicted octanol–water partition coefficient (Wildman–Crippen LogP) is 4.54. The van der Waals surface area contributed by atoms with E-state index in [0.29, 0.717) is 13.1 Å². The first-order valence-electron chi connectivity index (χ1n) is 19.8. The number of anilines is 1. The quantitative estimate of drug-likeness (QED) is 0.0235. The van der Waals surface area contributed by atoms with E-state index in [9.17, 15) is 45.0 Å². The molecule has 16 nitrogen and oxygen atoms in total. The van der Waals surface area contributed by atoms with Crippen LogP contribution in [0.2, 0.25) is 0 Å². The summed E-state index contributed by atoms with van der Waals surface area (Å²) in [6, 6.07) is 0. The lowest BCUT2D eigenvalue weighted by molar-refractivity contribution is -0.160. The summed E-state index contributed by atoms with van der Waals surface area (Å²) in [6.45, 7) is 15.4. The molecule has 1 fully saturated rings. The van der Waals surface area contributed by atoms with Crippen LogP contribution in [0.3, 0.4) is 0 Å². The number of methoxy groups -OCH3 is 1. The van der Waals surface area contributed by atoms with Crippen LogP contribution in [0, 0.1) is 30.6 Å². The highest BCUT2D eigenvalue weighted by molar-refractivity contribution is 6.23. The number of nitrogens with one attached hydrogen (secondary N) is 1. The molecular weight excluding hydrogens is 764 g/mol. The molecule has 2 aliphatic heterocycles. The van der Waals surface area contributed by atoms with Crippen molar-refractivity contribution in [3.05, 3.63) is 52.8 Å². The lowest BCUT2D eigenvalue weighted by Gasteiger charge is -2.37. The largest absolute Gasteiger partial charge is 0.516 e. The van der Waals surface area contributed by atoms with Crippen molar-refractivity contribution in [2.75, 3.05) is 45.7 Å². The molecule has 0 bridgehead atoms. The molecule has 2 aromatic rings. The molecule has 7 N–H and O–H groups in total. The number of ketones is 1. The number of ether oxygens (including phenoxy) is 3. The van der Waals surface area contributed by atoms with Crippen molar-refractivity contribution < 1.29 is 59.2 Å². The van der Waals surface area contributed by atoms with Gasteiger partial charge < -0.3 is 55.1 Å². The Kier molecular flexibility index (Phi) is 15.6. The molecule has 0 aromatic heterocycles. The molecule has 59 heavy (non-hydrogen) atoms. The van der Waals surface area contributed by atoms with Crippen LogP contribution in [-0.4, -0.2) is 135 Å². The minimum atomic E-state index is -1.12. The van der Waals surface area contributed by atoms with Gasteiger partial charge in [0, 0.05) is 80.4 Å². The molecule has 0 spiro atoms. The maximum absolute atomic E-state index is 13.7. The van der Waals surface area contributed by atoms with Gasteiger partial charge in [0.15, 0.2) is 11.9 Å². The zero-order valence-electron chi connectivity index (χ0n) is 35.5. The molecule has 0 aliphatic carbocycles. The van der Waals surface area contributed by atoms with Gasteiger partial charge in [-0.15, -0.1) is 0 Å². The molecule has 0 radical (unpaired) electrons. The number of allylic oxidation sites excluding steroid dienone is 2. The normalized spacial score (nSPS) is 20.7. The summed E-state index contributed by atoms with van der Waals surface area (Å²) in [5, 5.41) is 75.3. The Morgan fingerprint density at radius 2 is 1.58 bits per heavy atom. The standard InChI is InChI=1S/C43H60N4O12/c1-21(35(50)24(4)36(51)25(5)41(59-28(8)49)23(3)30(57-10)14-19-48)12-11-13-22(2)43(56)45-34-29(20-44-47-17-15-46(9)16-18-47)39(54)31-32(40(34)55)37(52)26(6)42-33(31)38(53)27(7)58-42/h11-14,19-21,23-25,27,30,35-36,41,48,50-52,54-55H,15-18H2,1-10H3,(H,45,56)/b12-11+,19-14+,22-13-,44-20+/t21-,23+,24+,25+,27-,30-,35-,36+,41+/m0/s1. The van der Waals surface area contributed by atoms with E-state index in [2.05, 4.69) is 15.3 Å². The van der Waals surface area contributed by atoms with E-state index in [-0.39, 0.29) is 44.5 Å². The fourth-order valence-electron chi connectivity index (χ4n) is 7.69. The lowest BCUT2D eigenvalue weighted by atomic mass is 9.78. The number of benzene rings is 2. The number of aliphatic hydroxyl groups excluding tert-OH is 3. The number of carbonyl (C=O) groups excluding carboxylic acids is 3. The topological polar surface area (TPSA) is 231 Å². The maximum atomic E-state index is 13.7. The van der Waals surface area contributed by atoms with E-state index in [0.717, 1.165) is 19.4 Å². The highest BCUT2D eigenvalue weighted by Crippen LogP contribution is 2.53. The summed E-state index contributed by atoms with van der Waals surface area (Å²) in [4.78, 5) is 41.1. The Balaban J connectivity index is 1.61. The molecule has 1 saturated heterocycles. The average molecular weight is 825 g/mol. The molecule has 2 aliphatic rings. The summed E-state index contributed by atoms with van der Waals surface area (Å²) in [5.41, 5.74) is 0.0226. The van der Waals surface area contributed by atoms with Crippen molar-refractivity contribution in [2.24, 2.45) is 28.8 Å². The zero-order chi connectivity index (χ0) is 44.0. The molecule has 324 valence electrons. The number of amides is 1. The minimum Gasteiger partial charge on any atom is -0.516 e. The third-order valence-corrected chi connectivity index (χ3v) is 11.6. The van der Waals surface area contributed by atoms with E-state index < -0.39 is 89.1 Å². The Bertz CT molecular complexity index is 2000. The number of phenols is 3. The van der Waals surface area contributed by atoms with E-state index >= 15 is 0 Å². The molecule has 2 heterocycles. The van der Waals surface area contributed by atoms with E-state index in [1.54, 1.807) is 51.8 Å². The van der Waals surface area contributed by atoms with Gasteiger partial charge in [0.2, 0.25) is 5.78 Å². The molecular formula is C43H60N4O12. The molecule has 0 unspecified atom stereocenters. The van der Waals surface area contributed by atoms with Crippen molar-refractivity contribution in [2.45, 2.75) is 85.9 Å². The summed E-state index contributed by atoms with van der Waals surface area (Å²) in [5.74, 6) is -5.41. The first-order valence-corrected chi connectivity index (χ1v) is 19.8. The summed E-state index contributed by atoms with van der Waals surface area (Å²) in [7, 11) is 3.44. The molecule has 4 rings (SSSR count). The van der Waals surface area contributed by atoms with Crippen molar-refractivity contribution in [3.8, 4) is 23.0 Å². The number of hydrogen-bond acceptors (Lipinski definition) is 15. The van der Waals surface area contributed by atoms with Crippen LogP contribution in [0.25, 0.3) is 10.8 Å². The van der Waals surface area contributed by atoms with Crippen molar-refractivity contribution in [3.63, 3.8) is 0 Å². The second-order valence-corrected chi connectivity index (χ2v) is 15.8. The van der Waals surface area contributed by atoms with E-state index in [1.807, 2.05) is 7.05 Å². The minimum absolute atomic E-state index is 0.00511. The third-order valence-electron chi connectivity index (χ3n) is 11.6. The van der Waals surface area contributed by atoms with Gasteiger partial charge in [0.05, 0.1) is 53.0 Å². The maximum Gasteiger partial charge on any atom is 0.302 e. The lowest BCUT2D eigenvalue weighted by Crippen LogP contribution is -2.46. The first-order chi connectivity index (χ1) is 27.8. The van der Waals surface area contributed by atoms with Crippen LogP contribution in [0.15, 0.2) is 41.2 Å². The van der Waals surface area contributed by atoms with Crippen LogP contribution in [-0.2, 0) is 19.1 Å². The van der Waals surface area contributed by atoms with Gasteiger partial charge in [-0.1, -0.05) is 45.9 Å². The fraction of sp³-hybridized carbons (Fsp3) is 0.535. The average Bonchev–Trinajstić information content (AvgIpc) is 3.50. The summed E-state index contributed by atoms with van der Waals surface area (Å²) < 4.78 is 16.8. The second kappa shape index (κ2) is 19.7. The number of aliphatic hydroxyl groups is 3. The number of phenolic OH excluding ortho intramolecular Hbond substituents is 3. The van der Waals surface area contributed by atoms with Crippen molar-refractivity contribution >= 4 is 40.3 Å². The number of hydrazone groups is 1. The SMILES string of the molecule is CO[C@@H](/C=C/O)[C@@H](C)[C@@H](OC(C)=O)[C@H](C)[C@H](O)[C@H](C)[C@@H](O)[C@@H](C)/C=C/C=C(/C)C(=O)Nc1c(/C=N/N2CCN(C)CC2)c(O)c2c3c(c(C)c(O)c2c1O)O[C@@H](C)C3=O. The van der Waals surface area contributed by atoms with Gasteiger partial charge in [0.1, 0.15) is 23.4 Å². The van der Waals surface area contributed by atoms with Gasteiger partial charge in [-0.25, -0.2) is 0 Å². The number of carbonyl (C=O) groups is 3. The van der Waals surface area contributed by atoms with Gasteiger partial charge >= 0.3 is 5.97 Å². The highest BCUT2D eigenvalue weighted by atomic mass is 16.5. The fourth-order valence-corrected chi connectivity index (χ4v) is 7.69. The van der Waals surface area contributed by atoms with Crippen LogP contribution in [0.1, 0.15) is 70.0 Å². The van der Waals surface area contributed by atoms with Crippen LogP contribution in [0.4, 0.5) is 5.69 Å². The number of piperazine rings is 1. The number of likely N-dealkylation sites (N-methyl/N-ethyl adjacent to an activating group) is 1. The van der Waals surface area contributed by atoms with Crippen molar-refractivity contribution in [1.29, 1.82) is 0 Å². The van der Waals surface area contributed by atoms with Gasteiger partial charge in [-0.05, 0) is 33.9 Å². The van der Waals surface area contributed by atoms with E-state index in [4.69, 9.17) is 14.2 Å². The highest BCUT2D eigenvalue weighted by Gasteiger charge is 2.40. The number of hydrogen-bond donors (Lipinski definition) is 7. The number of fused-ring (bicyclic) bond motifs is 3. The number of esters is 1. The number of Topliss-reactive ketones (excluding diaryl/α,β-unsaturated/α-hetero) is 1. The number of aromatic hydroxyl groups is 3. The molecule has 0 saturated carbocycles. The van der Waals surface area contributed by atoms with Crippen molar-refractivity contribution in [1.82, 2.24) is 9.91 Å². The van der Waals surface area contributed by atoms with Gasteiger partial charge in [-0.2, -0.15) is 5.10 Å². The number of rotatable bonds is 16. The Hall–Kier alpha value is -5.16. The molecule has 9 atom stereocenters. The van der Waals surface area contributed by atoms with E-state index in [1.165, 1.54) is 46.2 Å². The van der Waals surface area contributed by atoms with Gasteiger partial charge in [0.25, 0.3) is 5.91 Å². The van der Waals surface area contributed by atoms with Crippen LogP contribution >= 0.6 is 0 Å². The molecule has 16 heteroatoms. The van der Waals surface area contributed by atoms with Crippen LogP contribution in [0.5, 0.6) is 23.0 Å².